The molecule has 0 amide bonds. The summed E-state index contributed by atoms with van der Waals surface area (Å²) in [5.74, 6) is 0.271. The molecule has 0 N–H and O–H groups in total. The molecule has 1 aromatic carbocycles. The standard InChI is InChI=1S/C16H18N2O3/c1-16(2,3)12-7-5-11(6-8-12)14-13(9-17-10-18-14)21-15(19)20-4/h5-10H,1-4H3. The number of carbonyl (C=O) groups excluding carboxylic acids is 1. The van der Waals surface area contributed by atoms with Crippen molar-refractivity contribution < 1.29 is 14.3 Å². The van der Waals surface area contributed by atoms with E-state index in [9.17, 15) is 4.79 Å². The van der Waals surface area contributed by atoms with Crippen LogP contribution >= 0.6 is 0 Å². The van der Waals surface area contributed by atoms with Crippen LogP contribution in [0.1, 0.15) is 26.3 Å². The highest BCUT2D eigenvalue weighted by molar-refractivity contribution is 5.71. The molecule has 2 aromatic rings. The van der Waals surface area contributed by atoms with Crippen molar-refractivity contribution in [3.8, 4) is 17.0 Å². The van der Waals surface area contributed by atoms with Crippen molar-refractivity contribution in [3.05, 3.63) is 42.4 Å². The first-order valence-corrected chi connectivity index (χ1v) is 6.58. The molecule has 21 heavy (non-hydrogen) atoms. The van der Waals surface area contributed by atoms with Crippen molar-refractivity contribution in [2.45, 2.75) is 26.2 Å². The quantitative estimate of drug-likeness (QED) is 0.789. The van der Waals surface area contributed by atoms with Crippen LogP contribution in [0.5, 0.6) is 5.75 Å². The van der Waals surface area contributed by atoms with Gasteiger partial charge in [0.2, 0.25) is 0 Å². The lowest BCUT2D eigenvalue weighted by atomic mass is 9.86. The highest BCUT2D eigenvalue weighted by Gasteiger charge is 2.16. The van der Waals surface area contributed by atoms with Crippen LogP contribution in [-0.2, 0) is 10.2 Å². The molecule has 0 aliphatic heterocycles. The lowest BCUT2D eigenvalue weighted by Gasteiger charge is -2.19. The fourth-order valence-corrected chi connectivity index (χ4v) is 1.87. The van der Waals surface area contributed by atoms with Gasteiger partial charge in [-0.05, 0) is 11.0 Å². The summed E-state index contributed by atoms with van der Waals surface area (Å²) in [6.45, 7) is 6.45. The summed E-state index contributed by atoms with van der Waals surface area (Å²) >= 11 is 0. The smallest absolute Gasteiger partial charge is 0.437 e. The second-order valence-corrected chi connectivity index (χ2v) is 5.62. The molecule has 2 rings (SSSR count). The van der Waals surface area contributed by atoms with Crippen LogP contribution in [0.3, 0.4) is 0 Å². The number of nitrogens with zero attached hydrogens (tertiary/aromatic N) is 2. The number of hydrogen-bond donors (Lipinski definition) is 0. The van der Waals surface area contributed by atoms with Crippen molar-refractivity contribution in [2.24, 2.45) is 0 Å². The van der Waals surface area contributed by atoms with E-state index in [0.717, 1.165) is 5.56 Å². The fourth-order valence-electron chi connectivity index (χ4n) is 1.87. The normalized spacial score (nSPS) is 11.0. The van der Waals surface area contributed by atoms with Gasteiger partial charge in [0.05, 0.1) is 13.3 Å². The first-order chi connectivity index (χ1) is 9.91. The van der Waals surface area contributed by atoms with Gasteiger partial charge in [-0.15, -0.1) is 0 Å². The third kappa shape index (κ3) is 3.56. The van der Waals surface area contributed by atoms with Crippen LogP contribution in [0.4, 0.5) is 4.79 Å². The minimum absolute atomic E-state index is 0.0789. The van der Waals surface area contributed by atoms with Crippen molar-refractivity contribution in [2.75, 3.05) is 7.11 Å². The van der Waals surface area contributed by atoms with Gasteiger partial charge in [0, 0.05) is 5.56 Å². The zero-order chi connectivity index (χ0) is 15.5. The molecule has 0 radical (unpaired) electrons. The highest BCUT2D eigenvalue weighted by Crippen LogP contribution is 2.29. The number of hydrogen-bond acceptors (Lipinski definition) is 5. The zero-order valence-electron chi connectivity index (χ0n) is 12.6. The van der Waals surface area contributed by atoms with Gasteiger partial charge in [0.25, 0.3) is 0 Å². The number of methoxy groups -OCH3 is 1. The molecule has 0 fully saturated rings. The molecule has 1 aromatic heterocycles. The molecule has 0 bridgehead atoms. The molecule has 0 aliphatic rings. The third-order valence-corrected chi connectivity index (χ3v) is 3.06. The third-order valence-electron chi connectivity index (χ3n) is 3.06. The van der Waals surface area contributed by atoms with Crippen LogP contribution in [0.2, 0.25) is 0 Å². The van der Waals surface area contributed by atoms with Gasteiger partial charge in [-0.2, -0.15) is 0 Å². The largest absolute Gasteiger partial charge is 0.513 e. The Labute approximate surface area is 124 Å². The minimum Gasteiger partial charge on any atom is -0.437 e. The molecular weight excluding hydrogens is 268 g/mol. The minimum atomic E-state index is -0.794. The number of carbonyl (C=O) groups is 1. The van der Waals surface area contributed by atoms with E-state index in [1.54, 1.807) is 0 Å². The summed E-state index contributed by atoms with van der Waals surface area (Å²) in [6.07, 6.45) is 2.06. The predicted molar refractivity (Wildman–Crippen MR) is 79.2 cm³/mol. The van der Waals surface area contributed by atoms with Crippen LogP contribution in [0.15, 0.2) is 36.8 Å². The van der Waals surface area contributed by atoms with Gasteiger partial charge in [-0.3, -0.25) is 0 Å². The number of benzene rings is 1. The molecule has 5 heteroatoms. The van der Waals surface area contributed by atoms with Gasteiger partial charge < -0.3 is 9.47 Å². The maximum absolute atomic E-state index is 11.3. The Kier molecular flexibility index (Phi) is 4.21. The lowest BCUT2D eigenvalue weighted by molar-refractivity contribution is 0.121. The van der Waals surface area contributed by atoms with Crippen molar-refractivity contribution in [3.63, 3.8) is 0 Å². The van der Waals surface area contributed by atoms with E-state index in [0.29, 0.717) is 5.69 Å². The molecule has 5 nitrogen and oxygen atoms in total. The topological polar surface area (TPSA) is 61.3 Å². The summed E-state index contributed by atoms with van der Waals surface area (Å²) < 4.78 is 9.55. The highest BCUT2D eigenvalue weighted by atomic mass is 16.7. The van der Waals surface area contributed by atoms with E-state index in [2.05, 4.69) is 35.5 Å². The number of ether oxygens (including phenoxy) is 2. The van der Waals surface area contributed by atoms with Gasteiger partial charge in [0.1, 0.15) is 12.0 Å². The Morgan fingerprint density at radius 3 is 2.38 bits per heavy atom. The Morgan fingerprint density at radius 1 is 1.14 bits per heavy atom. The van der Waals surface area contributed by atoms with E-state index in [4.69, 9.17) is 4.74 Å². The number of rotatable bonds is 2. The Balaban J connectivity index is 2.36. The van der Waals surface area contributed by atoms with E-state index in [1.807, 2.05) is 24.3 Å². The summed E-state index contributed by atoms with van der Waals surface area (Å²) in [5, 5.41) is 0. The zero-order valence-corrected chi connectivity index (χ0v) is 12.6. The molecule has 0 saturated heterocycles. The van der Waals surface area contributed by atoms with Gasteiger partial charge in [-0.1, -0.05) is 45.0 Å². The molecule has 0 saturated carbocycles. The monoisotopic (exact) mass is 286 g/mol. The summed E-state index contributed by atoms with van der Waals surface area (Å²) in [7, 11) is 1.25. The van der Waals surface area contributed by atoms with Crippen molar-refractivity contribution in [1.29, 1.82) is 0 Å². The average Bonchev–Trinajstić information content (AvgIpc) is 2.47. The summed E-state index contributed by atoms with van der Waals surface area (Å²) in [5.41, 5.74) is 2.70. The molecule has 0 aliphatic carbocycles. The van der Waals surface area contributed by atoms with Crippen LogP contribution in [-0.4, -0.2) is 23.2 Å². The van der Waals surface area contributed by atoms with Gasteiger partial charge in [0.15, 0.2) is 5.75 Å². The fraction of sp³-hybridized carbons (Fsp3) is 0.312. The summed E-state index contributed by atoms with van der Waals surface area (Å²) in [6, 6.07) is 7.98. The second kappa shape index (κ2) is 5.91. The van der Waals surface area contributed by atoms with Gasteiger partial charge >= 0.3 is 6.16 Å². The van der Waals surface area contributed by atoms with Crippen molar-refractivity contribution >= 4 is 6.16 Å². The molecule has 0 spiro atoms. The van der Waals surface area contributed by atoms with E-state index >= 15 is 0 Å². The first-order valence-electron chi connectivity index (χ1n) is 6.58. The average molecular weight is 286 g/mol. The van der Waals surface area contributed by atoms with E-state index in [1.165, 1.54) is 25.2 Å². The Morgan fingerprint density at radius 2 is 1.81 bits per heavy atom. The van der Waals surface area contributed by atoms with Crippen LogP contribution < -0.4 is 4.74 Å². The predicted octanol–water partition coefficient (Wildman–Crippen LogP) is 3.59. The van der Waals surface area contributed by atoms with Gasteiger partial charge in [-0.25, -0.2) is 14.8 Å². The lowest BCUT2D eigenvalue weighted by Crippen LogP contribution is -2.11. The van der Waals surface area contributed by atoms with Crippen molar-refractivity contribution in [1.82, 2.24) is 9.97 Å². The molecule has 0 unspecified atom stereocenters. The maximum atomic E-state index is 11.3. The van der Waals surface area contributed by atoms with E-state index in [-0.39, 0.29) is 11.2 Å². The molecule has 110 valence electrons. The van der Waals surface area contributed by atoms with E-state index < -0.39 is 6.16 Å². The molecular formula is C16H18N2O3. The number of aromatic nitrogens is 2. The maximum Gasteiger partial charge on any atom is 0.513 e. The Bertz CT molecular complexity index is 631. The van der Waals surface area contributed by atoms with Crippen LogP contribution in [0.25, 0.3) is 11.3 Å². The Hall–Kier alpha value is -2.43. The molecule has 0 atom stereocenters. The summed E-state index contributed by atoms with van der Waals surface area (Å²) in [4.78, 5) is 19.3. The second-order valence-electron chi connectivity index (χ2n) is 5.62. The SMILES string of the molecule is COC(=O)Oc1cncnc1-c1ccc(C(C)(C)C)cc1. The molecule has 1 heterocycles. The van der Waals surface area contributed by atoms with Crippen LogP contribution in [0, 0.1) is 0 Å². The first kappa shape index (κ1) is 15.0.